The molecule has 1 heterocycles. The van der Waals surface area contributed by atoms with Gasteiger partial charge in [0.05, 0.1) is 11.4 Å². The standard InChI is InChI=1S/C10H20N2/c1-5-9-11-10(6-2,7-3)8-12(9)4/h5-8H2,1-4H3. The van der Waals surface area contributed by atoms with Crippen LogP contribution in [0.1, 0.15) is 40.0 Å². The lowest BCUT2D eigenvalue weighted by molar-refractivity contribution is 0.351. The molecule has 70 valence electrons. The van der Waals surface area contributed by atoms with E-state index in [9.17, 15) is 0 Å². The van der Waals surface area contributed by atoms with E-state index >= 15 is 0 Å². The Labute approximate surface area is 75.7 Å². The molecule has 0 amide bonds. The highest BCUT2D eigenvalue weighted by Gasteiger charge is 2.33. The zero-order chi connectivity index (χ0) is 9.19. The van der Waals surface area contributed by atoms with Crippen LogP contribution in [0.2, 0.25) is 0 Å². The molecule has 0 fully saturated rings. The fourth-order valence-corrected chi connectivity index (χ4v) is 1.91. The van der Waals surface area contributed by atoms with Crippen LogP contribution in [-0.4, -0.2) is 29.9 Å². The van der Waals surface area contributed by atoms with Crippen LogP contribution in [0, 0.1) is 0 Å². The molecule has 0 atom stereocenters. The van der Waals surface area contributed by atoms with Crippen LogP contribution in [0.4, 0.5) is 0 Å². The normalized spacial score (nSPS) is 21.3. The predicted molar refractivity (Wildman–Crippen MR) is 53.7 cm³/mol. The average molecular weight is 168 g/mol. The van der Waals surface area contributed by atoms with Crippen molar-refractivity contribution in [1.29, 1.82) is 0 Å². The number of nitrogens with zero attached hydrogens (tertiary/aromatic N) is 2. The summed E-state index contributed by atoms with van der Waals surface area (Å²) in [5, 5.41) is 0. The second-order valence-electron chi connectivity index (χ2n) is 3.67. The molecule has 0 saturated heterocycles. The molecule has 0 N–H and O–H groups in total. The second-order valence-corrected chi connectivity index (χ2v) is 3.67. The third kappa shape index (κ3) is 1.47. The van der Waals surface area contributed by atoms with Crippen molar-refractivity contribution in [2.24, 2.45) is 4.99 Å². The second kappa shape index (κ2) is 3.46. The van der Waals surface area contributed by atoms with Crippen molar-refractivity contribution >= 4 is 5.84 Å². The largest absolute Gasteiger partial charge is 0.361 e. The molecule has 0 aromatic carbocycles. The van der Waals surface area contributed by atoms with Gasteiger partial charge in [-0.2, -0.15) is 0 Å². The zero-order valence-electron chi connectivity index (χ0n) is 8.72. The van der Waals surface area contributed by atoms with E-state index in [0.717, 1.165) is 25.8 Å². The van der Waals surface area contributed by atoms with E-state index in [1.807, 2.05) is 0 Å². The van der Waals surface area contributed by atoms with Crippen molar-refractivity contribution in [1.82, 2.24) is 4.90 Å². The number of hydrogen-bond donors (Lipinski definition) is 0. The average Bonchev–Trinajstić information content (AvgIpc) is 2.43. The maximum Gasteiger partial charge on any atom is 0.0992 e. The molecule has 0 saturated carbocycles. The molecule has 0 unspecified atom stereocenters. The van der Waals surface area contributed by atoms with Crippen molar-refractivity contribution in [3.05, 3.63) is 0 Å². The third-order valence-corrected chi connectivity index (χ3v) is 2.97. The molecule has 1 aliphatic rings. The number of hydrogen-bond acceptors (Lipinski definition) is 2. The lowest BCUT2D eigenvalue weighted by Gasteiger charge is -2.23. The van der Waals surface area contributed by atoms with Gasteiger partial charge in [-0.15, -0.1) is 0 Å². The van der Waals surface area contributed by atoms with Crippen molar-refractivity contribution in [3.63, 3.8) is 0 Å². The Morgan fingerprint density at radius 1 is 1.33 bits per heavy atom. The Kier molecular flexibility index (Phi) is 2.76. The number of amidine groups is 1. The Morgan fingerprint density at radius 2 is 1.92 bits per heavy atom. The van der Waals surface area contributed by atoms with Crippen LogP contribution in [0.5, 0.6) is 0 Å². The zero-order valence-corrected chi connectivity index (χ0v) is 8.72. The molecular formula is C10H20N2. The Bertz CT molecular complexity index is 180. The smallest absolute Gasteiger partial charge is 0.0992 e. The highest BCUT2D eigenvalue weighted by atomic mass is 15.3. The first-order valence-electron chi connectivity index (χ1n) is 4.97. The van der Waals surface area contributed by atoms with E-state index in [-0.39, 0.29) is 5.54 Å². The molecule has 2 nitrogen and oxygen atoms in total. The van der Waals surface area contributed by atoms with Crippen LogP contribution < -0.4 is 0 Å². The Balaban J connectivity index is 2.78. The molecule has 0 radical (unpaired) electrons. The van der Waals surface area contributed by atoms with Crippen molar-refractivity contribution in [2.75, 3.05) is 13.6 Å². The first-order valence-corrected chi connectivity index (χ1v) is 4.97. The topological polar surface area (TPSA) is 15.6 Å². The molecule has 12 heavy (non-hydrogen) atoms. The predicted octanol–water partition coefficient (Wildman–Crippen LogP) is 2.30. The fraction of sp³-hybridized carbons (Fsp3) is 0.900. The van der Waals surface area contributed by atoms with Gasteiger partial charge in [0.25, 0.3) is 0 Å². The van der Waals surface area contributed by atoms with Crippen molar-refractivity contribution < 1.29 is 0 Å². The summed E-state index contributed by atoms with van der Waals surface area (Å²) in [4.78, 5) is 7.10. The van der Waals surface area contributed by atoms with Crippen molar-refractivity contribution in [2.45, 2.75) is 45.6 Å². The first-order chi connectivity index (χ1) is 5.67. The summed E-state index contributed by atoms with van der Waals surface area (Å²) < 4.78 is 0. The summed E-state index contributed by atoms with van der Waals surface area (Å²) in [7, 11) is 2.15. The summed E-state index contributed by atoms with van der Waals surface area (Å²) in [6.07, 6.45) is 3.40. The van der Waals surface area contributed by atoms with E-state index in [1.54, 1.807) is 0 Å². The lowest BCUT2D eigenvalue weighted by Crippen LogP contribution is -2.32. The molecule has 1 rings (SSSR count). The van der Waals surface area contributed by atoms with E-state index in [4.69, 9.17) is 4.99 Å². The minimum Gasteiger partial charge on any atom is -0.361 e. The van der Waals surface area contributed by atoms with Gasteiger partial charge in [-0.1, -0.05) is 20.8 Å². The van der Waals surface area contributed by atoms with Crippen LogP contribution >= 0.6 is 0 Å². The Hall–Kier alpha value is -0.530. The summed E-state index contributed by atoms with van der Waals surface area (Å²) in [6.45, 7) is 7.76. The quantitative estimate of drug-likeness (QED) is 0.631. The van der Waals surface area contributed by atoms with Gasteiger partial charge in [-0.3, -0.25) is 4.99 Å². The third-order valence-electron chi connectivity index (χ3n) is 2.97. The van der Waals surface area contributed by atoms with E-state index < -0.39 is 0 Å². The lowest BCUT2D eigenvalue weighted by atomic mass is 9.94. The minimum absolute atomic E-state index is 0.236. The van der Waals surface area contributed by atoms with E-state index in [0.29, 0.717) is 0 Å². The van der Waals surface area contributed by atoms with Gasteiger partial charge >= 0.3 is 0 Å². The summed E-state index contributed by atoms with van der Waals surface area (Å²) in [5.41, 5.74) is 0.236. The number of aliphatic imine (C=N–C) groups is 1. The van der Waals surface area contributed by atoms with Gasteiger partial charge in [0.15, 0.2) is 0 Å². The minimum atomic E-state index is 0.236. The Morgan fingerprint density at radius 3 is 2.17 bits per heavy atom. The van der Waals surface area contributed by atoms with Crippen LogP contribution in [-0.2, 0) is 0 Å². The SMILES string of the molecule is CCC1=NC(CC)(CC)CN1C. The highest BCUT2D eigenvalue weighted by Crippen LogP contribution is 2.27. The number of rotatable bonds is 3. The molecule has 0 aromatic rings. The highest BCUT2D eigenvalue weighted by molar-refractivity contribution is 5.84. The molecular weight excluding hydrogens is 148 g/mol. The van der Waals surface area contributed by atoms with Crippen LogP contribution in [0.25, 0.3) is 0 Å². The fourth-order valence-electron chi connectivity index (χ4n) is 1.91. The maximum atomic E-state index is 4.80. The van der Waals surface area contributed by atoms with Gasteiger partial charge in [-0.25, -0.2) is 0 Å². The summed E-state index contributed by atoms with van der Waals surface area (Å²) in [5.74, 6) is 1.28. The van der Waals surface area contributed by atoms with Crippen molar-refractivity contribution in [3.8, 4) is 0 Å². The van der Waals surface area contributed by atoms with E-state index in [2.05, 4.69) is 32.7 Å². The first kappa shape index (κ1) is 9.56. The molecule has 0 bridgehead atoms. The van der Waals surface area contributed by atoms with Crippen LogP contribution in [0.15, 0.2) is 4.99 Å². The molecule has 0 aromatic heterocycles. The van der Waals surface area contributed by atoms with Gasteiger partial charge in [-0.05, 0) is 12.8 Å². The van der Waals surface area contributed by atoms with Gasteiger partial charge in [0.1, 0.15) is 0 Å². The van der Waals surface area contributed by atoms with Gasteiger partial charge in [0.2, 0.25) is 0 Å². The molecule has 2 heteroatoms. The molecule has 0 aliphatic carbocycles. The monoisotopic (exact) mass is 168 g/mol. The summed E-state index contributed by atoms with van der Waals surface area (Å²) >= 11 is 0. The number of likely N-dealkylation sites (N-methyl/N-ethyl adjacent to an activating group) is 1. The van der Waals surface area contributed by atoms with Crippen LogP contribution in [0.3, 0.4) is 0 Å². The van der Waals surface area contributed by atoms with E-state index in [1.165, 1.54) is 5.84 Å². The van der Waals surface area contributed by atoms with Gasteiger partial charge < -0.3 is 4.90 Å². The maximum absolute atomic E-state index is 4.80. The molecule has 0 spiro atoms. The summed E-state index contributed by atoms with van der Waals surface area (Å²) in [6, 6.07) is 0. The molecule has 1 aliphatic heterocycles. The van der Waals surface area contributed by atoms with Gasteiger partial charge in [0, 0.05) is 20.0 Å².